The minimum absolute atomic E-state index is 0.141. The quantitative estimate of drug-likeness (QED) is 0.582. The second-order valence-electron chi connectivity index (χ2n) is 4.37. The third kappa shape index (κ3) is 3.88. The Labute approximate surface area is 121 Å². The average molecular weight is 291 g/mol. The Hall–Kier alpha value is -2.71. The van der Waals surface area contributed by atoms with Crippen LogP contribution in [0.5, 0.6) is 0 Å². The van der Waals surface area contributed by atoms with Crippen LogP contribution in [0.25, 0.3) is 0 Å². The highest BCUT2D eigenvalue weighted by Gasteiger charge is 2.16. The van der Waals surface area contributed by atoms with Gasteiger partial charge in [-0.25, -0.2) is 4.98 Å². The van der Waals surface area contributed by atoms with Crippen LogP contribution in [0.2, 0.25) is 0 Å². The van der Waals surface area contributed by atoms with E-state index in [0.717, 1.165) is 5.69 Å². The number of hydrogen-bond donors (Lipinski definition) is 2. The molecular weight excluding hydrogens is 274 g/mol. The predicted octanol–water partition coefficient (Wildman–Crippen LogP) is 1.20. The lowest BCUT2D eigenvalue weighted by Crippen LogP contribution is -2.11. The molecule has 0 bridgehead atoms. The molecule has 0 aliphatic rings. The highest BCUT2D eigenvalue weighted by atomic mass is 16.6. The van der Waals surface area contributed by atoms with Crippen LogP contribution in [0.3, 0.4) is 0 Å². The summed E-state index contributed by atoms with van der Waals surface area (Å²) in [5.74, 6) is 0.574. The van der Waals surface area contributed by atoms with E-state index in [2.05, 4.69) is 25.7 Å². The van der Waals surface area contributed by atoms with Crippen LogP contribution in [0.1, 0.15) is 12.6 Å². The third-order valence-corrected chi connectivity index (χ3v) is 2.74. The van der Waals surface area contributed by atoms with Crippen molar-refractivity contribution >= 4 is 17.5 Å². The zero-order valence-electron chi connectivity index (χ0n) is 11.9. The molecule has 2 aromatic heterocycles. The van der Waals surface area contributed by atoms with E-state index in [9.17, 15) is 10.1 Å². The molecule has 2 heterocycles. The van der Waals surface area contributed by atoms with Gasteiger partial charge in [-0.05, 0) is 13.0 Å². The average Bonchev–Trinajstić information content (AvgIpc) is 2.85. The van der Waals surface area contributed by atoms with Gasteiger partial charge in [-0.1, -0.05) is 0 Å². The van der Waals surface area contributed by atoms with Crippen molar-refractivity contribution in [1.82, 2.24) is 19.7 Å². The Balaban J connectivity index is 2.05. The molecule has 0 atom stereocenters. The summed E-state index contributed by atoms with van der Waals surface area (Å²) in [7, 11) is 1.84. The normalized spacial score (nSPS) is 10.4. The number of nitrogens with one attached hydrogen (secondary N) is 2. The van der Waals surface area contributed by atoms with Gasteiger partial charge in [0.15, 0.2) is 0 Å². The summed E-state index contributed by atoms with van der Waals surface area (Å²) < 4.78 is 1.71. The van der Waals surface area contributed by atoms with E-state index in [4.69, 9.17) is 0 Å². The van der Waals surface area contributed by atoms with E-state index in [0.29, 0.717) is 25.5 Å². The Morgan fingerprint density at radius 1 is 1.43 bits per heavy atom. The first-order chi connectivity index (χ1) is 10.1. The molecule has 2 aromatic rings. The maximum Gasteiger partial charge on any atom is 0.329 e. The van der Waals surface area contributed by atoms with Crippen molar-refractivity contribution in [1.29, 1.82) is 0 Å². The topological polar surface area (TPSA) is 111 Å². The van der Waals surface area contributed by atoms with Crippen molar-refractivity contribution in [3.8, 4) is 0 Å². The summed E-state index contributed by atoms with van der Waals surface area (Å²) in [4.78, 5) is 18.5. The first kappa shape index (κ1) is 14.7. The Kier molecular flexibility index (Phi) is 4.64. The van der Waals surface area contributed by atoms with E-state index in [-0.39, 0.29) is 11.5 Å². The molecule has 0 aliphatic carbocycles. The molecule has 0 saturated carbocycles. The monoisotopic (exact) mass is 291 g/mol. The number of anilines is 2. The van der Waals surface area contributed by atoms with Gasteiger partial charge in [0.2, 0.25) is 11.8 Å². The van der Waals surface area contributed by atoms with Gasteiger partial charge in [0.1, 0.15) is 6.20 Å². The third-order valence-electron chi connectivity index (χ3n) is 2.74. The SMILES string of the molecule is CCNc1ncc([N+](=O)[O-])c(NCCc2ccn(C)n2)n1. The molecule has 9 nitrogen and oxygen atoms in total. The Bertz CT molecular complexity index is 626. The van der Waals surface area contributed by atoms with Gasteiger partial charge in [-0.2, -0.15) is 10.1 Å². The largest absolute Gasteiger partial charge is 0.364 e. The van der Waals surface area contributed by atoms with Crippen LogP contribution in [0.4, 0.5) is 17.5 Å². The van der Waals surface area contributed by atoms with Crippen LogP contribution < -0.4 is 10.6 Å². The Morgan fingerprint density at radius 2 is 2.24 bits per heavy atom. The molecule has 21 heavy (non-hydrogen) atoms. The molecule has 0 fully saturated rings. The Morgan fingerprint density at radius 3 is 2.86 bits per heavy atom. The number of aromatic nitrogens is 4. The molecule has 0 radical (unpaired) electrons. The number of nitrogens with zero attached hydrogens (tertiary/aromatic N) is 5. The first-order valence-electron chi connectivity index (χ1n) is 6.58. The molecule has 9 heteroatoms. The van der Waals surface area contributed by atoms with Crippen LogP contribution in [0, 0.1) is 10.1 Å². The molecule has 112 valence electrons. The summed E-state index contributed by atoms with van der Waals surface area (Å²) >= 11 is 0. The standard InChI is InChI=1S/C12H17N7O2/c1-3-13-12-15-8-10(19(20)21)11(16-12)14-6-4-9-5-7-18(2)17-9/h5,7-8H,3-4,6H2,1-2H3,(H2,13,14,15,16). The fraction of sp³-hybridized carbons (Fsp3) is 0.417. The predicted molar refractivity (Wildman–Crippen MR) is 78.3 cm³/mol. The summed E-state index contributed by atoms with van der Waals surface area (Å²) in [5, 5.41) is 21.1. The van der Waals surface area contributed by atoms with Gasteiger partial charge in [-0.15, -0.1) is 0 Å². The lowest BCUT2D eigenvalue weighted by molar-refractivity contribution is -0.384. The van der Waals surface area contributed by atoms with Gasteiger partial charge in [-0.3, -0.25) is 14.8 Å². The zero-order chi connectivity index (χ0) is 15.2. The van der Waals surface area contributed by atoms with Gasteiger partial charge in [0.05, 0.1) is 10.6 Å². The van der Waals surface area contributed by atoms with Gasteiger partial charge in [0, 0.05) is 32.8 Å². The van der Waals surface area contributed by atoms with Gasteiger partial charge < -0.3 is 10.6 Å². The fourth-order valence-electron chi connectivity index (χ4n) is 1.79. The minimum Gasteiger partial charge on any atom is -0.364 e. The van der Waals surface area contributed by atoms with Crippen LogP contribution in [-0.4, -0.2) is 37.8 Å². The van der Waals surface area contributed by atoms with E-state index in [1.54, 1.807) is 4.68 Å². The molecule has 0 amide bonds. The van der Waals surface area contributed by atoms with Crippen molar-refractivity contribution in [3.05, 3.63) is 34.3 Å². The lowest BCUT2D eigenvalue weighted by Gasteiger charge is -2.07. The van der Waals surface area contributed by atoms with Crippen LogP contribution in [-0.2, 0) is 13.5 Å². The number of nitro groups is 1. The van der Waals surface area contributed by atoms with Crippen LogP contribution >= 0.6 is 0 Å². The number of aryl methyl sites for hydroxylation is 1. The summed E-state index contributed by atoms with van der Waals surface area (Å²) in [6.07, 6.45) is 3.71. The highest BCUT2D eigenvalue weighted by Crippen LogP contribution is 2.21. The van der Waals surface area contributed by atoms with Crippen molar-refractivity contribution in [2.75, 3.05) is 23.7 Å². The van der Waals surface area contributed by atoms with Crippen molar-refractivity contribution in [3.63, 3.8) is 0 Å². The van der Waals surface area contributed by atoms with Crippen LogP contribution in [0.15, 0.2) is 18.5 Å². The summed E-state index contributed by atoms with van der Waals surface area (Å²) in [6.45, 7) is 3.05. The fourth-order valence-corrected chi connectivity index (χ4v) is 1.79. The molecule has 0 unspecified atom stereocenters. The molecule has 2 rings (SSSR count). The molecule has 0 saturated heterocycles. The molecule has 0 aliphatic heterocycles. The maximum absolute atomic E-state index is 11.0. The first-order valence-corrected chi connectivity index (χ1v) is 6.58. The van der Waals surface area contributed by atoms with E-state index in [1.165, 1.54) is 6.20 Å². The molecule has 2 N–H and O–H groups in total. The minimum atomic E-state index is -0.501. The second kappa shape index (κ2) is 6.64. The van der Waals surface area contributed by atoms with Gasteiger partial charge in [0.25, 0.3) is 0 Å². The van der Waals surface area contributed by atoms with Crippen molar-refractivity contribution < 1.29 is 4.92 Å². The smallest absolute Gasteiger partial charge is 0.329 e. The van der Waals surface area contributed by atoms with Crippen molar-refractivity contribution in [2.45, 2.75) is 13.3 Å². The second-order valence-corrected chi connectivity index (χ2v) is 4.37. The number of hydrogen-bond acceptors (Lipinski definition) is 7. The van der Waals surface area contributed by atoms with E-state index in [1.807, 2.05) is 26.2 Å². The lowest BCUT2D eigenvalue weighted by atomic mass is 10.3. The molecule has 0 spiro atoms. The highest BCUT2D eigenvalue weighted by molar-refractivity contribution is 5.56. The molecular formula is C12H17N7O2. The van der Waals surface area contributed by atoms with Crippen molar-refractivity contribution in [2.24, 2.45) is 7.05 Å². The van der Waals surface area contributed by atoms with Gasteiger partial charge >= 0.3 is 5.69 Å². The molecule has 0 aromatic carbocycles. The zero-order valence-corrected chi connectivity index (χ0v) is 11.9. The van der Waals surface area contributed by atoms with E-state index >= 15 is 0 Å². The maximum atomic E-state index is 11.0. The summed E-state index contributed by atoms with van der Waals surface area (Å²) in [6, 6.07) is 1.90. The number of rotatable bonds is 7. The van der Waals surface area contributed by atoms with E-state index < -0.39 is 4.92 Å². The summed E-state index contributed by atoms with van der Waals surface area (Å²) in [5.41, 5.74) is 0.770.